The predicted molar refractivity (Wildman–Crippen MR) is 112 cm³/mol. The predicted octanol–water partition coefficient (Wildman–Crippen LogP) is 2.51. The molecule has 0 saturated carbocycles. The van der Waals surface area contributed by atoms with Crippen LogP contribution in [-0.2, 0) is 11.2 Å². The summed E-state index contributed by atoms with van der Waals surface area (Å²) in [6.45, 7) is 0.0532. The molecule has 2 N–H and O–H groups in total. The largest absolute Gasteiger partial charge is 0.497 e. The monoisotopic (exact) mass is 419 g/mol. The summed E-state index contributed by atoms with van der Waals surface area (Å²) in [4.78, 5) is 12.3. The maximum Gasteiger partial charge on any atom is 0.220 e. The van der Waals surface area contributed by atoms with Gasteiger partial charge in [-0.05, 0) is 42.3 Å². The highest BCUT2D eigenvalue weighted by Crippen LogP contribution is 2.38. The summed E-state index contributed by atoms with van der Waals surface area (Å²) in [5.41, 5.74) is 1.41. The number of hydrogen-bond acceptors (Lipinski definition) is 7. The molecular weight excluding hydrogens is 390 g/mol. The third-order valence-electron chi connectivity index (χ3n) is 4.65. The molecule has 0 aliphatic rings. The van der Waals surface area contributed by atoms with Crippen LogP contribution < -0.4 is 29.0 Å². The standard InChI is InChI=1S/C22H29NO7/c1-26-15-7-8-18(27-2)16(12-15)17(24)13-23-21(25)9-6-14-10-19(28-3)22(30-5)20(11-14)29-4/h7-8,10-12,17,24H,6,9,13H2,1-5H3,(H,23,25). The molecule has 0 radical (unpaired) electrons. The van der Waals surface area contributed by atoms with Crippen molar-refractivity contribution in [1.29, 1.82) is 0 Å². The molecular formula is C22H29NO7. The molecule has 0 aliphatic carbocycles. The Labute approximate surface area is 176 Å². The number of aliphatic hydroxyl groups is 1. The number of carbonyl (C=O) groups is 1. The SMILES string of the molecule is COc1ccc(OC)c(C(O)CNC(=O)CCc2cc(OC)c(OC)c(OC)c2)c1. The molecule has 0 fully saturated rings. The molecule has 0 heterocycles. The van der Waals surface area contributed by atoms with E-state index in [2.05, 4.69) is 5.32 Å². The molecule has 0 aliphatic heterocycles. The van der Waals surface area contributed by atoms with E-state index in [1.54, 1.807) is 39.5 Å². The Hall–Kier alpha value is -3.13. The third kappa shape index (κ3) is 5.70. The quantitative estimate of drug-likeness (QED) is 0.578. The fourth-order valence-corrected chi connectivity index (χ4v) is 3.05. The van der Waals surface area contributed by atoms with Gasteiger partial charge in [0.1, 0.15) is 11.5 Å². The van der Waals surface area contributed by atoms with Gasteiger partial charge in [0.25, 0.3) is 0 Å². The van der Waals surface area contributed by atoms with Crippen LogP contribution in [0.25, 0.3) is 0 Å². The van der Waals surface area contributed by atoms with Gasteiger partial charge in [0.05, 0.1) is 41.7 Å². The van der Waals surface area contributed by atoms with Gasteiger partial charge in [0.15, 0.2) is 11.5 Å². The van der Waals surface area contributed by atoms with Gasteiger partial charge in [-0.15, -0.1) is 0 Å². The number of amides is 1. The molecule has 2 aromatic carbocycles. The Kier molecular flexibility index (Phi) is 8.61. The summed E-state index contributed by atoms with van der Waals surface area (Å²) >= 11 is 0. The van der Waals surface area contributed by atoms with E-state index in [4.69, 9.17) is 23.7 Å². The van der Waals surface area contributed by atoms with Gasteiger partial charge < -0.3 is 34.1 Å². The highest BCUT2D eigenvalue weighted by atomic mass is 16.5. The smallest absolute Gasteiger partial charge is 0.220 e. The van der Waals surface area contributed by atoms with E-state index in [9.17, 15) is 9.90 Å². The van der Waals surface area contributed by atoms with Crippen LogP contribution in [0.4, 0.5) is 0 Å². The molecule has 0 spiro atoms. The summed E-state index contributed by atoms with van der Waals surface area (Å²) in [5, 5.41) is 13.2. The summed E-state index contributed by atoms with van der Waals surface area (Å²) in [6, 6.07) is 8.76. The molecule has 30 heavy (non-hydrogen) atoms. The van der Waals surface area contributed by atoms with Crippen LogP contribution in [0.15, 0.2) is 30.3 Å². The highest BCUT2D eigenvalue weighted by Gasteiger charge is 2.17. The first-order valence-corrected chi connectivity index (χ1v) is 9.42. The first kappa shape index (κ1) is 23.2. The van der Waals surface area contributed by atoms with E-state index in [1.165, 1.54) is 14.2 Å². The van der Waals surface area contributed by atoms with Crippen molar-refractivity contribution in [1.82, 2.24) is 5.32 Å². The molecule has 0 saturated heterocycles. The number of aliphatic hydroxyl groups excluding tert-OH is 1. The molecule has 0 aromatic heterocycles. The maximum absolute atomic E-state index is 12.3. The molecule has 1 amide bonds. The number of methoxy groups -OCH3 is 5. The van der Waals surface area contributed by atoms with E-state index in [0.29, 0.717) is 40.7 Å². The second kappa shape index (κ2) is 11.2. The van der Waals surface area contributed by atoms with Crippen molar-refractivity contribution in [2.24, 2.45) is 0 Å². The summed E-state index contributed by atoms with van der Waals surface area (Å²) in [6.07, 6.45) is -0.220. The Morgan fingerprint density at radius 1 is 0.900 bits per heavy atom. The van der Waals surface area contributed by atoms with Gasteiger partial charge in [-0.1, -0.05) is 0 Å². The topological polar surface area (TPSA) is 95.5 Å². The van der Waals surface area contributed by atoms with Crippen molar-refractivity contribution < 1.29 is 33.6 Å². The van der Waals surface area contributed by atoms with Gasteiger partial charge >= 0.3 is 0 Å². The average molecular weight is 419 g/mol. The molecule has 2 rings (SSSR count). The molecule has 8 nitrogen and oxygen atoms in total. The average Bonchev–Trinajstić information content (AvgIpc) is 2.79. The van der Waals surface area contributed by atoms with Crippen LogP contribution >= 0.6 is 0 Å². The van der Waals surface area contributed by atoms with Crippen molar-refractivity contribution in [3.63, 3.8) is 0 Å². The normalized spacial score (nSPS) is 11.4. The Bertz CT molecular complexity index is 828. The number of hydrogen-bond donors (Lipinski definition) is 2. The van der Waals surface area contributed by atoms with Gasteiger partial charge in [0.2, 0.25) is 11.7 Å². The number of benzene rings is 2. The van der Waals surface area contributed by atoms with Crippen LogP contribution in [0.3, 0.4) is 0 Å². The minimum absolute atomic E-state index is 0.0532. The summed E-state index contributed by atoms with van der Waals surface area (Å²) < 4.78 is 26.4. The van der Waals surface area contributed by atoms with E-state index in [1.807, 2.05) is 12.1 Å². The summed E-state index contributed by atoms with van der Waals surface area (Å²) in [5.74, 6) is 2.50. The zero-order valence-electron chi connectivity index (χ0n) is 18.0. The Morgan fingerprint density at radius 3 is 2.07 bits per heavy atom. The van der Waals surface area contributed by atoms with Crippen molar-refractivity contribution in [2.75, 3.05) is 42.1 Å². The number of aryl methyl sites for hydroxylation is 1. The van der Waals surface area contributed by atoms with Crippen LogP contribution in [0, 0.1) is 0 Å². The second-order valence-electron chi connectivity index (χ2n) is 6.46. The lowest BCUT2D eigenvalue weighted by atomic mass is 10.1. The zero-order chi connectivity index (χ0) is 22.1. The van der Waals surface area contributed by atoms with Crippen molar-refractivity contribution >= 4 is 5.91 Å². The Balaban J connectivity index is 1.97. The zero-order valence-corrected chi connectivity index (χ0v) is 18.0. The number of carbonyl (C=O) groups excluding carboxylic acids is 1. The van der Waals surface area contributed by atoms with Crippen molar-refractivity contribution in [3.8, 4) is 28.7 Å². The first-order chi connectivity index (χ1) is 14.5. The number of nitrogens with one attached hydrogen (secondary N) is 1. The fraction of sp³-hybridized carbons (Fsp3) is 0.409. The second-order valence-corrected chi connectivity index (χ2v) is 6.46. The third-order valence-corrected chi connectivity index (χ3v) is 4.65. The molecule has 164 valence electrons. The number of rotatable bonds is 11. The van der Waals surface area contributed by atoms with Gasteiger partial charge in [0, 0.05) is 18.5 Å². The maximum atomic E-state index is 12.3. The molecule has 1 unspecified atom stereocenters. The van der Waals surface area contributed by atoms with Crippen LogP contribution in [0.2, 0.25) is 0 Å². The van der Waals surface area contributed by atoms with Gasteiger partial charge in [-0.2, -0.15) is 0 Å². The fourth-order valence-electron chi connectivity index (χ4n) is 3.05. The van der Waals surface area contributed by atoms with E-state index in [-0.39, 0.29) is 18.9 Å². The summed E-state index contributed by atoms with van der Waals surface area (Å²) in [7, 11) is 7.69. The number of ether oxygens (including phenoxy) is 5. The van der Waals surface area contributed by atoms with Crippen LogP contribution in [-0.4, -0.2) is 53.1 Å². The van der Waals surface area contributed by atoms with E-state index < -0.39 is 6.10 Å². The molecule has 1 atom stereocenters. The lowest BCUT2D eigenvalue weighted by molar-refractivity contribution is -0.121. The van der Waals surface area contributed by atoms with Crippen LogP contribution in [0.1, 0.15) is 23.7 Å². The van der Waals surface area contributed by atoms with Crippen molar-refractivity contribution in [2.45, 2.75) is 18.9 Å². The van der Waals surface area contributed by atoms with Crippen LogP contribution in [0.5, 0.6) is 28.7 Å². The van der Waals surface area contributed by atoms with Crippen molar-refractivity contribution in [3.05, 3.63) is 41.5 Å². The Morgan fingerprint density at radius 2 is 1.53 bits per heavy atom. The highest BCUT2D eigenvalue weighted by molar-refractivity contribution is 5.76. The lowest BCUT2D eigenvalue weighted by Crippen LogP contribution is -2.28. The first-order valence-electron chi connectivity index (χ1n) is 9.42. The minimum Gasteiger partial charge on any atom is -0.497 e. The minimum atomic E-state index is -0.930. The molecule has 2 aromatic rings. The van der Waals surface area contributed by atoms with Gasteiger partial charge in [-0.3, -0.25) is 4.79 Å². The van der Waals surface area contributed by atoms with E-state index >= 15 is 0 Å². The molecule has 0 bridgehead atoms. The lowest BCUT2D eigenvalue weighted by Gasteiger charge is -2.17. The van der Waals surface area contributed by atoms with Gasteiger partial charge in [-0.25, -0.2) is 0 Å². The molecule has 8 heteroatoms. The van der Waals surface area contributed by atoms with E-state index in [0.717, 1.165) is 5.56 Å².